The number of halogens is 1. The Labute approximate surface area is 284 Å². The smallest absolute Gasteiger partial charge is 0.279 e. The van der Waals surface area contributed by atoms with Crippen LogP contribution in [0.5, 0.6) is 0 Å². The number of aryl methyl sites for hydroxylation is 1. The average Bonchev–Trinajstić information content (AvgIpc) is 3.70. The van der Waals surface area contributed by atoms with Crippen LogP contribution in [-0.4, -0.2) is 51.4 Å². The van der Waals surface area contributed by atoms with Gasteiger partial charge in [0.2, 0.25) is 0 Å². The number of hydrogen-bond donors (Lipinski definition) is 0. The summed E-state index contributed by atoms with van der Waals surface area (Å²) in [7, 11) is 0.643. The Balaban J connectivity index is 1.34. The number of likely N-dealkylation sites (tertiary alicyclic amines) is 1. The van der Waals surface area contributed by atoms with Crippen molar-refractivity contribution in [1.82, 2.24) is 23.6 Å². The molecule has 2 fully saturated rings. The molecule has 7 rings (SSSR count). The predicted molar refractivity (Wildman–Crippen MR) is 195 cm³/mol. The van der Waals surface area contributed by atoms with Crippen molar-refractivity contribution in [2.45, 2.75) is 77.5 Å². The van der Waals surface area contributed by atoms with Crippen molar-refractivity contribution in [3.63, 3.8) is 0 Å². The summed E-state index contributed by atoms with van der Waals surface area (Å²) in [4.78, 5) is 21.8. The number of pyridine rings is 1. The lowest BCUT2D eigenvalue weighted by atomic mass is 9.98. The van der Waals surface area contributed by atoms with Gasteiger partial charge in [0, 0.05) is 75.7 Å². The minimum atomic E-state index is -1.26. The Hall–Kier alpha value is -3.79. The fourth-order valence-corrected chi connectivity index (χ4v) is 7.98. The van der Waals surface area contributed by atoms with Crippen LogP contribution in [0.2, 0.25) is 25.7 Å². The summed E-state index contributed by atoms with van der Waals surface area (Å²) in [6.07, 6.45) is 10.4. The number of benzene rings is 2. The van der Waals surface area contributed by atoms with Gasteiger partial charge in [0.15, 0.2) is 0 Å². The lowest BCUT2D eigenvalue weighted by Gasteiger charge is -2.31. The molecule has 1 aliphatic carbocycles. The van der Waals surface area contributed by atoms with Crippen LogP contribution in [0.3, 0.4) is 0 Å². The standard InChI is InChI=1S/C39H48FN5O2Si/c1-27-8-7-16-43(23-27)24-32-22-34-36(28-11-12-28)25-44(39(46)37(34)45(32)26-47-18-19-48(3,4)5)31-10-6-9-29(20-31)33-14-13-30(40)21-35(33)38-41-15-17-42(38)2/h6,9-10,13-15,17,20-22,25,27-28H,7-8,11-12,16,18-19,23-24,26H2,1-5H3/t27-/m0/s1. The summed E-state index contributed by atoms with van der Waals surface area (Å²) in [5, 5.41) is 1.07. The third kappa shape index (κ3) is 6.86. The highest BCUT2D eigenvalue weighted by Crippen LogP contribution is 2.43. The molecule has 1 aliphatic heterocycles. The second-order valence-electron chi connectivity index (χ2n) is 15.3. The van der Waals surface area contributed by atoms with E-state index in [4.69, 9.17) is 4.74 Å². The number of aromatic nitrogens is 4. The average molecular weight is 666 g/mol. The van der Waals surface area contributed by atoms with Crippen LogP contribution in [0.4, 0.5) is 4.39 Å². The van der Waals surface area contributed by atoms with Gasteiger partial charge < -0.3 is 13.9 Å². The first-order valence-corrected chi connectivity index (χ1v) is 21.2. The molecule has 0 bridgehead atoms. The Morgan fingerprint density at radius 1 is 1.04 bits per heavy atom. The van der Waals surface area contributed by atoms with Crippen LogP contribution in [0.15, 0.2) is 71.9 Å². The molecule has 2 aromatic carbocycles. The predicted octanol–water partition coefficient (Wildman–Crippen LogP) is 8.42. The van der Waals surface area contributed by atoms with Gasteiger partial charge in [-0.2, -0.15) is 0 Å². The zero-order valence-electron chi connectivity index (χ0n) is 29.0. The van der Waals surface area contributed by atoms with E-state index in [0.717, 1.165) is 71.9 Å². The highest BCUT2D eigenvalue weighted by Gasteiger charge is 2.30. The molecule has 5 aromatic rings. The normalized spacial score (nSPS) is 17.4. The first kappa shape index (κ1) is 32.7. The van der Waals surface area contributed by atoms with Crippen LogP contribution < -0.4 is 5.56 Å². The van der Waals surface area contributed by atoms with Crippen molar-refractivity contribution in [1.29, 1.82) is 0 Å². The number of rotatable bonds is 11. The number of ether oxygens (including phenoxy) is 1. The van der Waals surface area contributed by atoms with Crippen molar-refractivity contribution in [2.24, 2.45) is 13.0 Å². The largest absolute Gasteiger partial charge is 0.361 e. The number of hydrogen-bond acceptors (Lipinski definition) is 4. The van der Waals surface area contributed by atoms with Crippen molar-refractivity contribution in [3.05, 3.63) is 94.5 Å². The molecule has 1 saturated carbocycles. The van der Waals surface area contributed by atoms with Gasteiger partial charge in [0.05, 0.1) is 0 Å². The van der Waals surface area contributed by atoms with Crippen LogP contribution in [0.25, 0.3) is 39.1 Å². The SMILES string of the molecule is C[C@H]1CCCN(Cc2cc3c(C4CC4)cn(-c4cccc(-c5ccc(F)cc5-c5nccn5C)c4)c(=O)c3n2COCC[Si](C)(C)C)C1. The molecule has 0 spiro atoms. The molecule has 252 valence electrons. The van der Waals surface area contributed by atoms with Crippen LogP contribution in [0.1, 0.15) is 49.8 Å². The van der Waals surface area contributed by atoms with E-state index in [1.165, 1.54) is 30.5 Å². The summed E-state index contributed by atoms with van der Waals surface area (Å²) in [6.45, 7) is 13.5. The third-order valence-corrected chi connectivity index (χ3v) is 11.7. The molecule has 9 heteroatoms. The third-order valence-electron chi connectivity index (χ3n) is 10.0. The lowest BCUT2D eigenvalue weighted by Crippen LogP contribution is -2.34. The van der Waals surface area contributed by atoms with E-state index >= 15 is 0 Å². The molecule has 0 N–H and O–H groups in total. The fourth-order valence-electron chi connectivity index (χ4n) is 7.22. The fraction of sp³-hybridized carbons (Fsp3) is 0.436. The van der Waals surface area contributed by atoms with Crippen LogP contribution >= 0.6 is 0 Å². The minimum Gasteiger partial charge on any atom is -0.361 e. The molecule has 0 unspecified atom stereocenters. The maximum absolute atomic E-state index is 14.7. The molecule has 1 saturated heterocycles. The molecule has 1 atom stereocenters. The highest BCUT2D eigenvalue weighted by molar-refractivity contribution is 6.76. The molecule has 3 aromatic heterocycles. The van der Waals surface area contributed by atoms with E-state index in [2.05, 4.69) is 53.3 Å². The van der Waals surface area contributed by atoms with Gasteiger partial charge in [-0.05, 0) is 97.1 Å². The lowest BCUT2D eigenvalue weighted by molar-refractivity contribution is 0.0848. The van der Waals surface area contributed by atoms with Crippen molar-refractivity contribution >= 4 is 19.0 Å². The topological polar surface area (TPSA) is 57.2 Å². The van der Waals surface area contributed by atoms with Crippen LogP contribution in [-0.2, 0) is 25.1 Å². The van der Waals surface area contributed by atoms with Gasteiger partial charge in [-0.25, -0.2) is 9.37 Å². The molecular weight excluding hydrogens is 618 g/mol. The minimum absolute atomic E-state index is 0.0398. The number of imidazole rings is 1. The van der Waals surface area contributed by atoms with Crippen molar-refractivity contribution in [2.75, 3.05) is 19.7 Å². The molecule has 0 radical (unpaired) electrons. The van der Waals surface area contributed by atoms with Crippen LogP contribution in [0, 0.1) is 11.7 Å². The maximum Gasteiger partial charge on any atom is 0.279 e. The number of piperidine rings is 1. The molecular formula is C39H48FN5O2Si. The second kappa shape index (κ2) is 13.3. The first-order valence-electron chi connectivity index (χ1n) is 17.5. The van der Waals surface area contributed by atoms with E-state index in [1.807, 2.05) is 46.6 Å². The summed E-state index contributed by atoms with van der Waals surface area (Å²) in [5.74, 6) is 1.50. The Kier molecular flexibility index (Phi) is 9.04. The summed E-state index contributed by atoms with van der Waals surface area (Å²) < 4.78 is 26.8. The summed E-state index contributed by atoms with van der Waals surface area (Å²) in [6, 6.07) is 16.2. The van der Waals surface area contributed by atoms with Crippen molar-refractivity contribution < 1.29 is 9.13 Å². The number of fused-ring (bicyclic) bond motifs is 1. The van der Waals surface area contributed by atoms with Gasteiger partial charge >= 0.3 is 0 Å². The van der Waals surface area contributed by atoms with Crippen molar-refractivity contribution in [3.8, 4) is 28.2 Å². The zero-order chi connectivity index (χ0) is 33.6. The van der Waals surface area contributed by atoms with E-state index < -0.39 is 8.07 Å². The van der Waals surface area contributed by atoms with E-state index in [-0.39, 0.29) is 11.4 Å². The van der Waals surface area contributed by atoms with E-state index in [0.29, 0.717) is 36.6 Å². The Morgan fingerprint density at radius 2 is 1.88 bits per heavy atom. The van der Waals surface area contributed by atoms with Gasteiger partial charge in [-0.1, -0.05) is 44.8 Å². The van der Waals surface area contributed by atoms with E-state index in [1.54, 1.807) is 12.3 Å². The van der Waals surface area contributed by atoms with Gasteiger partial charge in [0.25, 0.3) is 5.56 Å². The molecule has 4 heterocycles. The molecule has 48 heavy (non-hydrogen) atoms. The molecule has 7 nitrogen and oxygen atoms in total. The first-order chi connectivity index (χ1) is 23.1. The summed E-state index contributed by atoms with van der Waals surface area (Å²) in [5.41, 5.74) is 6.34. The molecule has 0 amide bonds. The van der Waals surface area contributed by atoms with Gasteiger partial charge in [-0.3, -0.25) is 14.3 Å². The van der Waals surface area contributed by atoms with Gasteiger partial charge in [0.1, 0.15) is 23.9 Å². The highest BCUT2D eigenvalue weighted by atomic mass is 28.3. The molecule has 2 aliphatic rings. The number of nitrogens with zero attached hydrogens (tertiary/aromatic N) is 5. The summed E-state index contributed by atoms with van der Waals surface area (Å²) >= 11 is 0. The maximum atomic E-state index is 14.7. The Morgan fingerprint density at radius 3 is 2.60 bits per heavy atom. The Bertz CT molecular complexity index is 2000. The van der Waals surface area contributed by atoms with E-state index in [9.17, 15) is 9.18 Å². The van der Waals surface area contributed by atoms with Gasteiger partial charge in [-0.15, -0.1) is 0 Å². The quantitative estimate of drug-likeness (QED) is 0.105. The second-order valence-corrected chi connectivity index (χ2v) is 20.9. The monoisotopic (exact) mass is 665 g/mol. The zero-order valence-corrected chi connectivity index (χ0v) is 30.0.